The zero-order valence-electron chi connectivity index (χ0n) is 11.2. The second-order valence-electron chi connectivity index (χ2n) is 4.43. The molecule has 6 heteroatoms. The van der Waals surface area contributed by atoms with Crippen LogP contribution in [0.5, 0.6) is 0 Å². The predicted octanol–water partition coefficient (Wildman–Crippen LogP) is 3.32. The maximum absolute atomic E-state index is 12.1. The third-order valence-electron chi connectivity index (χ3n) is 2.88. The highest BCUT2D eigenvalue weighted by atomic mass is 79.9. The van der Waals surface area contributed by atoms with Gasteiger partial charge in [-0.2, -0.15) is 0 Å². The van der Waals surface area contributed by atoms with Crippen molar-refractivity contribution in [1.29, 1.82) is 0 Å². The Morgan fingerprint density at radius 3 is 2.65 bits per heavy atom. The summed E-state index contributed by atoms with van der Waals surface area (Å²) in [6.45, 7) is 2.58. The largest absolute Gasteiger partial charge is 0.347 e. The molecule has 0 aliphatic heterocycles. The van der Waals surface area contributed by atoms with Crippen LogP contribution in [0.1, 0.15) is 39.8 Å². The summed E-state index contributed by atoms with van der Waals surface area (Å²) in [6.07, 6.45) is 1.75. The van der Waals surface area contributed by atoms with Crippen LogP contribution >= 0.6 is 27.5 Å². The van der Waals surface area contributed by atoms with Crippen LogP contribution in [0.25, 0.3) is 0 Å². The number of benzene rings is 1. The highest BCUT2D eigenvalue weighted by Crippen LogP contribution is 2.13. The van der Waals surface area contributed by atoms with E-state index in [0.29, 0.717) is 11.4 Å². The minimum Gasteiger partial charge on any atom is -0.347 e. The van der Waals surface area contributed by atoms with Crippen molar-refractivity contribution in [2.45, 2.75) is 31.6 Å². The molecule has 0 aliphatic carbocycles. The molecule has 106 valence electrons. The fraction of sp³-hybridized carbons (Fsp3) is 0.357. The summed E-state index contributed by atoms with van der Waals surface area (Å²) in [4.78, 5) is 12.7. The quantitative estimate of drug-likeness (QED) is 0.810. The molecule has 0 fully saturated rings. The van der Waals surface area contributed by atoms with Gasteiger partial charge in [0.05, 0.1) is 5.69 Å². The first-order valence-corrected chi connectivity index (χ1v) is 8.37. The van der Waals surface area contributed by atoms with Crippen molar-refractivity contribution in [1.82, 2.24) is 14.9 Å². The normalized spacial score (nSPS) is 10.5. The summed E-state index contributed by atoms with van der Waals surface area (Å²) in [5.74, 6) is -0.0898. The molecule has 1 amide bonds. The number of amides is 1. The Morgan fingerprint density at radius 1 is 1.30 bits per heavy atom. The number of rotatable bonds is 6. The van der Waals surface area contributed by atoms with Gasteiger partial charge in [0.1, 0.15) is 4.88 Å². The van der Waals surface area contributed by atoms with Crippen LogP contribution < -0.4 is 5.32 Å². The van der Waals surface area contributed by atoms with E-state index < -0.39 is 0 Å². The van der Waals surface area contributed by atoms with Crippen molar-refractivity contribution in [2.24, 2.45) is 0 Å². The lowest BCUT2D eigenvalue weighted by Crippen LogP contribution is -2.23. The van der Waals surface area contributed by atoms with E-state index in [9.17, 15) is 4.79 Å². The minimum atomic E-state index is -0.0898. The first-order valence-electron chi connectivity index (χ1n) is 6.47. The lowest BCUT2D eigenvalue weighted by Gasteiger charge is -2.05. The van der Waals surface area contributed by atoms with Gasteiger partial charge in [-0.25, -0.2) is 0 Å². The summed E-state index contributed by atoms with van der Waals surface area (Å²) in [6, 6.07) is 8.14. The number of halogens is 1. The van der Waals surface area contributed by atoms with Crippen molar-refractivity contribution in [3.05, 3.63) is 46.0 Å². The van der Waals surface area contributed by atoms with Crippen LogP contribution in [-0.2, 0) is 18.3 Å². The maximum Gasteiger partial charge on any atom is 0.265 e. The Hall–Kier alpha value is -1.27. The average Bonchev–Trinajstić information content (AvgIpc) is 2.94. The van der Waals surface area contributed by atoms with Crippen LogP contribution in [0.4, 0.5) is 0 Å². The fourth-order valence-corrected chi connectivity index (χ4v) is 2.79. The lowest BCUT2D eigenvalue weighted by molar-refractivity contribution is 0.0954. The molecule has 0 saturated heterocycles. The van der Waals surface area contributed by atoms with Crippen LogP contribution in [0.2, 0.25) is 0 Å². The zero-order valence-corrected chi connectivity index (χ0v) is 13.6. The van der Waals surface area contributed by atoms with Crippen molar-refractivity contribution in [3.8, 4) is 0 Å². The van der Waals surface area contributed by atoms with E-state index in [1.807, 2.05) is 24.3 Å². The number of carbonyl (C=O) groups is 1. The van der Waals surface area contributed by atoms with E-state index >= 15 is 0 Å². The number of aryl methyl sites for hydroxylation is 1. The molecule has 1 heterocycles. The molecule has 20 heavy (non-hydrogen) atoms. The van der Waals surface area contributed by atoms with Gasteiger partial charge >= 0.3 is 0 Å². The van der Waals surface area contributed by atoms with Crippen molar-refractivity contribution < 1.29 is 4.79 Å². The number of alkyl halides is 1. The molecule has 1 aromatic heterocycles. The van der Waals surface area contributed by atoms with Gasteiger partial charge in [-0.15, -0.1) is 5.10 Å². The Labute approximate surface area is 130 Å². The molecule has 2 aromatic rings. The van der Waals surface area contributed by atoms with Crippen LogP contribution in [0.15, 0.2) is 24.3 Å². The van der Waals surface area contributed by atoms with E-state index in [2.05, 4.69) is 37.8 Å². The van der Waals surface area contributed by atoms with Crippen LogP contribution in [0, 0.1) is 0 Å². The summed E-state index contributed by atoms with van der Waals surface area (Å²) < 4.78 is 3.87. The Balaban J connectivity index is 1.95. The van der Waals surface area contributed by atoms with Gasteiger partial charge in [0, 0.05) is 11.9 Å². The second-order valence-corrected chi connectivity index (χ2v) is 5.75. The smallest absolute Gasteiger partial charge is 0.265 e. The molecule has 0 unspecified atom stereocenters. The van der Waals surface area contributed by atoms with E-state index in [1.165, 1.54) is 5.56 Å². The first-order chi connectivity index (χ1) is 9.74. The Morgan fingerprint density at radius 2 is 2.00 bits per heavy atom. The zero-order chi connectivity index (χ0) is 14.4. The highest BCUT2D eigenvalue weighted by molar-refractivity contribution is 9.08. The second kappa shape index (κ2) is 7.50. The number of aromatic nitrogens is 2. The van der Waals surface area contributed by atoms with Crippen molar-refractivity contribution in [2.75, 3.05) is 0 Å². The van der Waals surface area contributed by atoms with E-state index in [1.54, 1.807) is 0 Å². The summed E-state index contributed by atoms with van der Waals surface area (Å²) >= 11 is 4.57. The number of carbonyl (C=O) groups excluding carboxylic acids is 1. The highest BCUT2D eigenvalue weighted by Gasteiger charge is 2.15. The van der Waals surface area contributed by atoms with E-state index in [4.69, 9.17) is 0 Å². The number of nitrogens with one attached hydrogen (secondary N) is 1. The topological polar surface area (TPSA) is 54.9 Å². The van der Waals surface area contributed by atoms with Gasteiger partial charge < -0.3 is 5.32 Å². The SMILES string of the molecule is CCCc1nnsc1C(=O)NCc1ccc(CBr)cc1. The molecule has 0 aliphatic rings. The summed E-state index contributed by atoms with van der Waals surface area (Å²) in [5, 5.41) is 7.76. The van der Waals surface area contributed by atoms with Gasteiger partial charge in [-0.05, 0) is 29.1 Å². The molecule has 0 bridgehead atoms. The number of hydrogen-bond acceptors (Lipinski definition) is 4. The third-order valence-corrected chi connectivity index (χ3v) is 4.29. The minimum absolute atomic E-state index is 0.0898. The maximum atomic E-state index is 12.1. The third kappa shape index (κ3) is 3.86. The Kier molecular flexibility index (Phi) is 5.67. The monoisotopic (exact) mass is 353 g/mol. The molecular weight excluding hydrogens is 338 g/mol. The predicted molar refractivity (Wildman–Crippen MR) is 84.1 cm³/mol. The van der Waals surface area contributed by atoms with Gasteiger partial charge in [0.2, 0.25) is 0 Å². The van der Waals surface area contributed by atoms with Crippen molar-refractivity contribution >= 4 is 33.4 Å². The average molecular weight is 354 g/mol. The van der Waals surface area contributed by atoms with E-state index in [0.717, 1.165) is 41.0 Å². The molecule has 4 nitrogen and oxygen atoms in total. The summed E-state index contributed by atoms with van der Waals surface area (Å²) in [5.41, 5.74) is 3.10. The van der Waals surface area contributed by atoms with Gasteiger partial charge in [0.15, 0.2) is 0 Å². The Bertz CT molecular complexity index is 568. The molecule has 1 N–H and O–H groups in total. The molecule has 1 aromatic carbocycles. The van der Waals surface area contributed by atoms with Crippen LogP contribution in [-0.4, -0.2) is 15.5 Å². The molecule has 0 radical (unpaired) electrons. The molecule has 2 rings (SSSR count). The molecule has 0 atom stereocenters. The molecular formula is C14H16BrN3OS. The van der Waals surface area contributed by atoms with E-state index in [-0.39, 0.29) is 5.91 Å². The van der Waals surface area contributed by atoms with Crippen LogP contribution in [0.3, 0.4) is 0 Å². The molecule has 0 spiro atoms. The summed E-state index contributed by atoms with van der Waals surface area (Å²) in [7, 11) is 0. The number of hydrogen-bond donors (Lipinski definition) is 1. The molecule has 0 saturated carbocycles. The lowest BCUT2D eigenvalue weighted by atomic mass is 10.1. The van der Waals surface area contributed by atoms with Gasteiger partial charge in [0.25, 0.3) is 5.91 Å². The standard InChI is InChI=1S/C14H16BrN3OS/c1-2-3-12-13(20-18-17-12)14(19)16-9-11-6-4-10(8-15)5-7-11/h4-7H,2-3,8-9H2,1H3,(H,16,19). The van der Waals surface area contributed by atoms with Gasteiger partial charge in [-0.3, -0.25) is 4.79 Å². The first kappa shape index (κ1) is 15.1. The van der Waals surface area contributed by atoms with Crippen molar-refractivity contribution in [3.63, 3.8) is 0 Å². The number of nitrogens with zero attached hydrogens (tertiary/aromatic N) is 2. The fourth-order valence-electron chi connectivity index (χ4n) is 1.79. The van der Waals surface area contributed by atoms with Gasteiger partial charge in [-0.1, -0.05) is 58.0 Å².